The summed E-state index contributed by atoms with van der Waals surface area (Å²) in [5, 5.41) is 15.7. The monoisotopic (exact) mass is 530 g/mol. The molecular weight excluding hydrogens is 488 g/mol. The third kappa shape index (κ3) is 6.95. The topological polar surface area (TPSA) is 96.7 Å². The molecule has 9 nitrogen and oxygen atoms in total. The number of aromatic nitrogens is 2. The molecule has 0 bridgehead atoms. The van der Waals surface area contributed by atoms with Gasteiger partial charge in [-0.05, 0) is 59.2 Å². The zero-order chi connectivity index (χ0) is 27.4. The maximum absolute atomic E-state index is 10.9. The first kappa shape index (κ1) is 28.6. The zero-order valence-electron chi connectivity index (χ0n) is 23.3. The van der Waals surface area contributed by atoms with Crippen molar-refractivity contribution in [3.63, 3.8) is 0 Å². The van der Waals surface area contributed by atoms with Gasteiger partial charge in [0.25, 0.3) is 0 Å². The SMILES string of the molecule is C=CC1C(O)CC(COC2OC2OCC)OC1Oc1nn(C(C)C)c(C)c1Cc1ccc(OC(C)C)cc1. The fourth-order valence-electron chi connectivity index (χ4n) is 4.71. The average molecular weight is 531 g/mol. The van der Waals surface area contributed by atoms with Crippen molar-refractivity contribution in [2.24, 2.45) is 5.92 Å². The van der Waals surface area contributed by atoms with Gasteiger partial charge in [0, 0.05) is 36.7 Å². The number of benzene rings is 1. The summed E-state index contributed by atoms with van der Waals surface area (Å²) in [6, 6.07) is 8.24. The molecule has 0 amide bonds. The molecule has 6 unspecified atom stereocenters. The predicted octanol–water partition coefficient (Wildman–Crippen LogP) is 4.54. The molecule has 210 valence electrons. The summed E-state index contributed by atoms with van der Waals surface area (Å²) >= 11 is 0. The van der Waals surface area contributed by atoms with Crippen molar-refractivity contribution in [1.82, 2.24) is 9.78 Å². The largest absolute Gasteiger partial charge is 0.491 e. The third-order valence-electron chi connectivity index (χ3n) is 6.68. The summed E-state index contributed by atoms with van der Waals surface area (Å²) in [6.45, 7) is 16.9. The highest BCUT2D eigenvalue weighted by atomic mass is 16.9. The van der Waals surface area contributed by atoms with Crippen LogP contribution in [0.4, 0.5) is 0 Å². The molecule has 38 heavy (non-hydrogen) atoms. The van der Waals surface area contributed by atoms with Gasteiger partial charge >= 0.3 is 0 Å². The second-order valence-electron chi connectivity index (χ2n) is 10.4. The maximum atomic E-state index is 10.9. The molecule has 3 heterocycles. The highest BCUT2D eigenvalue weighted by molar-refractivity contribution is 5.38. The van der Waals surface area contributed by atoms with Gasteiger partial charge in [-0.25, -0.2) is 0 Å². The van der Waals surface area contributed by atoms with E-state index in [4.69, 9.17) is 33.5 Å². The van der Waals surface area contributed by atoms with Crippen molar-refractivity contribution in [1.29, 1.82) is 0 Å². The Hall–Kier alpha value is -2.43. The van der Waals surface area contributed by atoms with Crippen LogP contribution in [-0.2, 0) is 25.4 Å². The Morgan fingerprint density at radius 1 is 1.11 bits per heavy atom. The van der Waals surface area contributed by atoms with Crippen molar-refractivity contribution < 1.29 is 33.5 Å². The number of nitrogens with zero attached hydrogens (tertiary/aromatic N) is 2. The Bertz CT molecular complexity index is 1050. The molecule has 0 radical (unpaired) electrons. The number of epoxide rings is 1. The molecule has 2 aliphatic heterocycles. The molecule has 2 aliphatic rings. The van der Waals surface area contributed by atoms with Crippen molar-refractivity contribution in [2.75, 3.05) is 13.2 Å². The third-order valence-corrected chi connectivity index (χ3v) is 6.68. The van der Waals surface area contributed by atoms with Gasteiger partial charge in [-0.15, -0.1) is 11.7 Å². The lowest BCUT2D eigenvalue weighted by Crippen LogP contribution is -2.47. The molecule has 4 rings (SSSR count). The van der Waals surface area contributed by atoms with Gasteiger partial charge in [0.05, 0.1) is 30.8 Å². The smallest absolute Gasteiger partial charge is 0.238 e. The zero-order valence-corrected chi connectivity index (χ0v) is 23.3. The minimum atomic E-state index is -0.761. The normalized spacial score (nSPS) is 27.1. The van der Waals surface area contributed by atoms with Crippen LogP contribution in [0.15, 0.2) is 36.9 Å². The van der Waals surface area contributed by atoms with Crippen LogP contribution in [0.1, 0.15) is 63.9 Å². The Morgan fingerprint density at radius 3 is 2.45 bits per heavy atom. The van der Waals surface area contributed by atoms with Crippen molar-refractivity contribution in [3.05, 3.63) is 53.7 Å². The number of aliphatic hydroxyl groups is 1. The van der Waals surface area contributed by atoms with Crippen LogP contribution in [0.3, 0.4) is 0 Å². The minimum Gasteiger partial charge on any atom is -0.491 e. The van der Waals surface area contributed by atoms with Crippen molar-refractivity contribution in [3.8, 4) is 11.6 Å². The molecule has 2 aromatic rings. The van der Waals surface area contributed by atoms with Crippen LogP contribution < -0.4 is 9.47 Å². The van der Waals surface area contributed by atoms with E-state index in [9.17, 15) is 5.11 Å². The number of hydrogen-bond donors (Lipinski definition) is 1. The van der Waals surface area contributed by atoms with Crippen LogP contribution in [-0.4, -0.2) is 65.3 Å². The van der Waals surface area contributed by atoms with Gasteiger partial charge in [-0.2, -0.15) is 0 Å². The van der Waals surface area contributed by atoms with E-state index < -0.39 is 24.6 Å². The predicted molar refractivity (Wildman–Crippen MR) is 142 cm³/mol. The first-order chi connectivity index (χ1) is 18.2. The lowest BCUT2D eigenvalue weighted by Gasteiger charge is -2.37. The highest BCUT2D eigenvalue weighted by Crippen LogP contribution is 2.34. The number of hydrogen-bond acceptors (Lipinski definition) is 8. The summed E-state index contributed by atoms with van der Waals surface area (Å²) in [6.07, 6.45) is 0.278. The molecule has 0 aliphatic carbocycles. The first-order valence-electron chi connectivity index (χ1n) is 13.5. The summed E-state index contributed by atoms with van der Waals surface area (Å²) < 4.78 is 36.9. The molecule has 0 saturated carbocycles. The second kappa shape index (κ2) is 12.6. The summed E-state index contributed by atoms with van der Waals surface area (Å²) in [5.41, 5.74) is 3.11. The van der Waals surface area contributed by atoms with Crippen LogP contribution in [0.25, 0.3) is 0 Å². The quantitative estimate of drug-likeness (QED) is 0.298. The van der Waals surface area contributed by atoms with Crippen LogP contribution >= 0.6 is 0 Å². The van der Waals surface area contributed by atoms with Crippen LogP contribution in [0.5, 0.6) is 11.6 Å². The lowest BCUT2D eigenvalue weighted by molar-refractivity contribution is -0.215. The van der Waals surface area contributed by atoms with Gasteiger partial charge in [-0.3, -0.25) is 4.68 Å². The van der Waals surface area contributed by atoms with E-state index in [-0.39, 0.29) is 31.1 Å². The van der Waals surface area contributed by atoms with E-state index in [0.29, 0.717) is 25.3 Å². The lowest BCUT2D eigenvalue weighted by atomic mass is 9.93. The number of ether oxygens (including phenoxy) is 6. The summed E-state index contributed by atoms with van der Waals surface area (Å²) in [5.74, 6) is 0.918. The molecule has 1 aromatic carbocycles. The van der Waals surface area contributed by atoms with Crippen LogP contribution in [0, 0.1) is 12.8 Å². The molecule has 1 aromatic heterocycles. The minimum absolute atomic E-state index is 0.119. The number of rotatable bonds is 13. The molecule has 6 atom stereocenters. The molecule has 1 N–H and O–H groups in total. The molecule has 9 heteroatoms. The fourth-order valence-corrected chi connectivity index (χ4v) is 4.71. The van der Waals surface area contributed by atoms with E-state index >= 15 is 0 Å². The Balaban J connectivity index is 1.50. The van der Waals surface area contributed by atoms with Crippen molar-refractivity contribution in [2.45, 2.75) is 97.6 Å². The number of aliphatic hydroxyl groups excluding tert-OH is 1. The first-order valence-corrected chi connectivity index (χ1v) is 13.5. The highest BCUT2D eigenvalue weighted by Gasteiger charge is 2.44. The van der Waals surface area contributed by atoms with Crippen molar-refractivity contribution >= 4 is 0 Å². The summed E-state index contributed by atoms with van der Waals surface area (Å²) in [4.78, 5) is 0. The van der Waals surface area contributed by atoms with Gasteiger partial charge < -0.3 is 33.5 Å². The van der Waals surface area contributed by atoms with E-state index in [2.05, 4.69) is 32.6 Å². The van der Waals surface area contributed by atoms with Gasteiger partial charge in [0.15, 0.2) is 0 Å². The molecule has 0 spiro atoms. The molecule has 2 fully saturated rings. The van der Waals surface area contributed by atoms with E-state index in [1.165, 1.54) is 0 Å². The second-order valence-corrected chi connectivity index (χ2v) is 10.4. The Kier molecular flexibility index (Phi) is 9.49. The van der Waals surface area contributed by atoms with Crippen LogP contribution in [0.2, 0.25) is 0 Å². The maximum Gasteiger partial charge on any atom is 0.238 e. The van der Waals surface area contributed by atoms with E-state index in [1.54, 1.807) is 6.08 Å². The Morgan fingerprint density at radius 2 is 1.82 bits per heavy atom. The van der Waals surface area contributed by atoms with E-state index in [1.807, 2.05) is 44.5 Å². The average Bonchev–Trinajstić information content (AvgIpc) is 3.54. The van der Waals surface area contributed by atoms with Gasteiger partial charge in [-0.1, -0.05) is 18.2 Å². The summed E-state index contributed by atoms with van der Waals surface area (Å²) in [7, 11) is 0. The van der Waals surface area contributed by atoms with Gasteiger partial charge in [0.2, 0.25) is 24.8 Å². The molecular formula is C29H42N2O7. The van der Waals surface area contributed by atoms with E-state index in [0.717, 1.165) is 22.6 Å². The fraction of sp³-hybridized carbons (Fsp3) is 0.621. The Labute approximate surface area is 225 Å². The molecule has 2 saturated heterocycles. The van der Waals surface area contributed by atoms with Gasteiger partial charge in [0.1, 0.15) is 5.75 Å². The standard InChI is InChI=1S/C29H42N2O7/c1-8-23-25(32)15-22(16-34-29-28(38-29)33-9-2)36-27(23)37-26-24(19(7)31(30-26)17(3)4)14-20-10-12-21(13-11-20)35-18(5)6/h8,10-13,17-18,22-23,25,27-29,32H,1,9,14-16H2,2-7H3.